The number of hydrogen-bond donors (Lipinski definition) is 2. The van der Waals surface area contributed by atoms with Crippen LogP contribution in [0.15, 0.2) is 24.3 Å². The Bertz CT molecular complexity index is 440. The van der Waals surface area contributed by atoms with E-state index < -0.39 is 6.10 Å². The van der Waals surface area contributed by atoms with Gasteiger partial charge in [-0.25, -0.2) is 0 Å². The lowest BCUT2D eigenvalue weighted by atomic mass is 9.75. The molecule has 0 radical (unpaired) electrons. The zero-order chi connectivity index (χ0) is 15.5. The summed E-state index contributed by atoms with van der Waals surface area (Å²) in [5, 5.41) is 10.4. The van der Waals surface area contributed by atoms with Gasteiger partial charge in [-0.3, -0.25) is 0 Å². The maximum atomic E-state index is 10.4. The molecule has 1 aromatic rings. The monoisotopic (exact) mass is 291 g/mol. The van der Waals surface area contributed by atoms with E-state index in [9.17, 15) is 5.11 Å². The molecule has 1 aliphatic rings. The minimum Gasteiger partial charge on any atom is -0.387 e. The molecule has 4 heteroatoms. The van der Waals surface area contributed by atoms with Gasteiger partial charge in [-0.15, -0.1) is 0 Å². The predicted molar refractivity (Wildman–Crippen MR) is 87.1 cm³/mol. The molecule has 1 atom stereocenters. The average molecular weight is 291 g/mol. The zero-order valence-electron chi connectivity index (χ0n) is 13.5. The normalized spacial score (nSPS) is 18.8. The first-order chi connectivity index (χ1) is 9.97. The first kappa shape index (κ1) is 16.4. The average Bonchev–Trinajstić information content (AvgIpc) is 2.42. The summed E-state index contributed by atoms with van der Waals surface area (Å²) in [6.07, 6.45) is 3.38. The van der Waals surface area contributed by atoms with Crippen molar-refractivity contribution in [3.05, 3.63) is 35.4 Å². The summed E-state index contributed by atoms with van der Waals surface area (Å²) in [6, 6.07) is 7.94. The molecule has 0 saturated heterocycles. The van der Waals surface area contributed by atoms with Gasteiger partial charge in [0.2, 0.25) is 0 Å². The van der Waals surface area contributed by atoms with E-state index in [-0.39, 0.29) is 0 Å². The minimum absolute atomic E-state index is 0.303. The van der Waals surface area contributed by atoms with E-state index in [2.05, 4.69) is 30.9 Å². The Kier molecular flexibility index (Phi) is 5.38. The highest BCUT2D eigenvalue weighted by molar-refractivity contribution is 5.24. The van der Waals surface area contributed by atoms with E-state index in [4.69, 9.17) is 5.73 Å². The van der Waals surface area contributed by atoms with Crippen LogP contribution < -0.4 is 5.73 Å². The van der Waals surface area contributed by atoms with E-state index >= 15 is 0 Å². The third-order valence-corrected chi connectivity index (χ3v) is 4.88. The molecule has 3 N–H and O–H groups in total. The highest BCUT2D eigenvalue weighted by Gasteiger charge is 2.39. The van der Waals surface area contributed by atoms with Gasteiger partial charge in [-0.05, 0) is 51.5 Å². The number of aliphatic hydroxyl groups is 1. The van der Waals surface area contributed by atoms with Crippen LogP contribution in [0.3, 0.4) is 0 Å². The highest BCUT2D eigenvalue weighted by atomic mass is 16.3. The van der Waals surface area contributed by atoms with Gasteiger partial charge in [-0.1, -0.05) is 24.3 Å². The van der Waals surface area contributed by atoms with Gasteiger partial charge >= 0.3 is 0 Å². The van der Waals surface area contributed by atoms with Crippen molar-refractivity contribution in [2.45, 2.75) is 37.5 Å². The third kappa shape index (κ3) is 3.83. The molecule has 0 aliphatic heterocycles. The lowest BCUT2D eigenvalue weighted by Crippen LogP contribution is -2.57. The number of aliphatic hydroxyl groups excluding tert-OH is 1. The summed E-state index contributed by atoms with van der Waals surface area (Å²) in [6.45, 7) is 2.22. The van der Waals surface area contributed by atoms with Crippen molar-refractivity contribution in [1.82, 2.24) is 9.80 Å². The lowest BCUT2D eigenvalue weighted by molar-refractivity contribution is 0.0147. The fraction of sp³-hybridized carbons (Fsp3) is 0.647. The third-order valence-electron chi connectivity index (χ3n) is 4.88. The van der Waals surface area contributed by atoms with E-state index in [1.807, 2.05) is 24.3 Å². The van der Waals surface area contributed by atoms with Gasteiger partial charge < -0.3 is 20.6 Å². The summed E-state index contributed by atoms with van der Waals surface area (Å²) in [4.78, 5) is 4.59. The van der Waals surface area contributed by atoms with Crippen molar-refractivity contribution in [3.63, 3.8) is 0 Å². The molecule has 1 aromatic carbocycles. The molecule has 1 fully saturated rings. The SMILES string of the molecule is CN(CC(O)c1ccc(CN)cc1)CC1(N(C)C)CCC1. The van der Waals surface area contributed by atoms with Crippen LogP contribution in [0.1, 0.15) is 36.5 Å². The van der Waals surface area contributed by atoms with Crippen molar-refractivity contribution < 1.29 is 5.11 Å². The fourth-order valence-corrected chi connectivity index (χ4v) is 3.18. The number of rotatable bonds is 7. The molecule has 1 unspecified atom stereocenters. The Morgan fingerprint density at radius 1 is 1.19 bits per heavy atom. The second-order valence-corrected chi connectivity index (χ2v) is 6.63. The van der Waals surface area contributed by atoms with Crippen molar-refractivity contribution >= 4 is 0 Å². The van der Waals surface area contributed by atoms with Crippen LogP contribution in [-0.2, 0) is 6.54 Å². The Morgan fingerprint density at radius 2 is 1.81 bits per heavy atom. The van der Waals surface area contributed by atoms with Crippen molar-refractivity contribution in [2.75, 3.05) is 34.2 Å². The maximum absolute atomic E-state index is 10.4. The van der Waals surface area contributed by atoms with Crippen molar-refractivity contribution in [2.24, 2.45) is 5.73 Å². The summed E-state index contributed by atoms with van der Waals surface area (Å²) in [5.41, 5.74) is 7.97. The molecule has 0 spiro atoms. The molecule has 0 amide bonds. The molecule has 1 aliphatic carbocycles. The van der Waals surface area contributed by atoms with Gasteiger partial charge in [0.1, 0.15) is 0 Å². The van der Waals surface area contributed by atoms with E-state index in [0.717, 1.165) is 17.7 Å². The van der Waals surface area contributed by atoms with Crippen molar-refractivity contribution in [3.8, 4) is 0 Å². The number of nitrogens with two attached hydrogens (primary N) is 1. The molecule has 2 rings (SSSR count). The Hall–Kier alpha value is -0.940. The van der Waals surface area contributed by atoms with Gasteiger partial charge in [0.15, 0.2) is 0 Å². The standard InChI is InChI=1S/C17H29N3O/c1-19(2)17(9-4-10-17)13-20(3)12-16(21)15-7-5-14(11-18)6-8-15/h5-8,16,21H,4,9-13,18H2,1-3H3. The van der Waals surface area contributed by atoms with Crippen LogP contribution in [-0.4, -0.2) is 54.7 Å². The smallest absolute Gasteiger partial charge is 0.0916 e. The number of benzene rings is 1. The molecular weight excluding hydrogens is 262 g/mol. The molecule has 1 saturated carbocycles. The molecule has 0 aromatic heterocycles. The van der Waals surface area contributed by atoms with Crippen LogP contribution in [0.25, 0.3) is 0 Å². The van der Waals surface area contributed by atoms with Crippen LogP contribution in [0.4, 0.5) is 0 Å². The Balaban J connectivity index is 1.90. The molecule has 118 valence electrons. The van der Waals surface area contributed by atoms with Crippen LogP contribution in [0.5, 0.6) is 0 Å². The summed E-state index contributed by atoms with van der Waals surface area (Å²) >= 11 is 0. The van der Waals surface area contributed by atoms with Gasteiger partial charge in [0.25, 0.3) is 0 Å². The van der Waals surface area contributed by atoms with Gasteiger partial charge in [0.05, 0.1) is 6.10 Å². The largest absolute Gasteiger partial charge is 0.387 e. The van der Waals surface area contributed by atoms with Gasteiger partial charge in [0, 0.05) is 25.2 Å². The van der Waals surface area contributed by atoms with E-state index in [1.165, 1.54) is 19.3 Å². The maximum Gasteiger partial charge on any atom is 0.0916 e. The van der Waals surface area contributed by atoms with E-state index in [1.54, 1.807) is 0 Å². The lowest BCUT2D eigenvalue weighted by Gasteiger charge is -2.49. The summed E-state index contributed by atoms with van der Waals surface area (Å²) in [5.74, 6) is 0. The van der Waals surface area contributed by atoms with Crippen molar-refractivity contribution in [1.29, 1.82) is 0 Å². The van der Waals surface area contributed by atoms with E-state index in [0.29, 0.717) is 18.6 Å². The first-order valence-corrected chi connectivity index (χ1v) is 7.80. The number of likely N-dealkylation sites (N-methyl/N-ethyl adjacent to an activating group) is 2. The highest BCUT2D eigenvalue weighted by Crippen LogP contribution is 2.36. The topological polar surface area (TPSA) is 52.7 Å². The summed E-state index contributed by atoms with van der Waals surface area (Å²) in [7, 11) is 6.42. The number of nitrogens with zero attached hydrogens (tertiary/aromatic N) is 2. The molecular formula is C17H29N3O. The van der Waals surface area contributed by atoms with Crippen LogP contribution >= 0.6 is 0 Å². The first-order valence-electron chi connectivity index (χ1n) is 7.80. The second-order valence-electron chi connectivity index (χ2n) is 6.63. The quantitative estimate of drug-likeness (QED) is 0.801. The molecule has 4 nitrogen and oxygen atoms in total. The Morgan fingerprint density at radius 3 is 2.24 bits per heavy atom. The molecule has 0 bridgehead atoms. The van der Waals surface area contributed by atoms with Gasteiger partial charge in [-0.2, -0.15) is 0 Å². The molecule has 0 heterocycles. The zero-order valence-corrected chi connectivity index (χ0v) is 13.5. The predicted octanol–water partition coefficient (Wildman–Crippen LogP) is 1.59. The fourth-order valence-electron chi connectivity index (χ4n) is 3.18. The minimum atomic E-state index is -0.443. The molecule has 21 heavy (non-hydrogen) atoms. The Labute approximate surface area is 128 Å². The van der Waals surface area contributed by atoms with Crippen LogP contribution in [0.2, 0.25) is 0 Å². The second kappa shape index (κ2) is 6.88. The summed E-state index contributed by atoms with van der Waals surface area (Å²) < 4.78 is 0. The van der Waals surface area contributed by atoms with Crippen LogP contribution in [0, 0.1) is 0 Å². The number of hydrogen-bond acceptors (Lipinski definition) is 4.